The number of likely N-dealkylation sites (N-methyl/N-ethyl adjacent to an activating group) is 2. The van der Waals surface area contributed by atoms with E-state index in [1.807, 2.05) is 0 Å². The highest BCUT2D eigenvalue weighted by molar-refractivity contribution is 5.77. The Morgan fingerprint density at radius 2 is 2.00 bits per heavy atom. The topological polar surface area (TPSA) is 18.5 Å². The second kappa shape index (κ2) is 4.81. The fraction of sp³-hybridized carbons (Fsp3) is 0.600. The quantitative estimate of drug-likeness (QED) is 0.817. The van der Waals surface area contributed by atoms with Gasteiger partial charge in [0.25, 0.3) is 0 Å². The van der Waals surface area contributed by atoms with E-state index in [1.54, 1.807) is 0 Å². The van der Waals surface area contributed by atoms with Gasteiger partial charge in [-0.2, -0.15) is 0 Å². The van der Waals surface area contributed by atoms with Crippen LogP contribution in [-0.4, -0.2) is 40.3 Å². The maximum Gasteiger partial charge on any atom is 0.0637 e. The molecule has 1 fully saturated rings. The minimum absolute atomic E-state index is 0.683. The summed E-state index contributed by atoms with van der Waals surface area (Å²) in [4.78, 5) is 4.81. The Morgan fingerprint density at radius 3 is 2.78 bits per heavy atom. The number of nitrogens with one attached hydrogen (secondary N) is 1. The SMILES string of the molecule is CN1CCN(C)c2c(C3CCCNC3)cccc21. The molecule has 1 saturated heterocycles. The van der Waals surface area contributed by atoms with Gasteiger partial charge in [0.1, 0.15) is 0 Å². The van der Waals surface area contributed by atoms with Crippen LogP contribution in [0.25, 0.3) is 0 Å². The summed E-state index contributed by atoms with van der Waals surface area (Å²) in [5, 5.41) is 3.53. The number of anilines is 2. The van der Waals surface area contributed by atoms with Gasteiger partial charge in [-0.25, -0.2) is 0 Å². The standard InChI is InChI=1S/C15H23N3/c1-17-9-10-18(2)15-13(6-3-7-14(15)17)12-5-4-8-16-11-12/h3,6-7,12,16H,4-5,8-11H2,1-2H3. The molecule has 0 amide bonds. The molecule has 2 heterocycles. The molecule has 3 heteroatoms. The van der Waals surface area contributed by atoms with Crippen molar-refractivity contribution in [2.75, 3.05) is 50.1 Å². The van der Waals surface area contributed by atoms with Crippen LogP contribution in [0.4, 0.5) is 11.4 Å². The van der Waals surface area contributed by atoms with Gasteiger partial charge >= 0.3 is 0 Å². The Bertz CT molecular complexity index is 424. The molecular formula is C15H23N3. The zero-order valence-corrected chi connectivity index (χ0v) is 11.4. The number of rotatable bonds is 1. The number of para-hydroxylation sites is 1. The fourth-order valence-electron chi connectivity index (χ4n) is 3.25. The van der Waals surface area contributed by atoms with Gasteiger partial charge in [0, 0.05) is 33.7 Å². The predicted molar refractivity (Wildman–Crippen MR) is 77.8 cm³/mol. The summed E-state index contributed by atoms with van der Waals surface area (Å²) in [5.74, 6) is 0.683. The molecule has 1 aromatic carbocycles. The summed E-state index contributed by atoms with van der Waals surface area (Å²) < 4.78 is 0. The third kappa shape index (κ3) is 1.97. The first-order chi connectivity index (χ1) is 8.77. The lowest BCUT2D eigenvalue weighted by atomic mass is 9.89. The van der Waals surface area contributed by atoms with Gasteiger partial charge in [0.05, 0.1) is 11.4 Å². The smallest absolute Gasteiger partial charge is 0.0637 e. The second-order valence-corrected chi connectivity index (χ2v) is 5.60. The molecule has 3 nitrogen and oxygen atoms in total. The van der Waals surface area contributed by atoms with Crippen LogP contribution in [0.2, 0.25) is 0 Å². The van der Waals surface area contributed by atoms with E-state index in [4.69, 9.17) is 0 Å². The Hall–Kier alpha value is -1.22. The largest absolute Gasteiger partial charge is 0.371 e. The molecule has 2 aliphatic heterocycles. The summed E-state index contributed by atoms with van der Waals surface area (Å²) in [6.07, 6.45) is 2.62. The highest BCUT2D eigenvalue weighted by Gasteiger charge is 2.25. The first-order valence-electron chi connectivity index (χ1n) is 7.03. The Kier molecular flexibility index (Phi) is 3.16. The first kappa shape index (κ1) is 11.8. The van der Waals surface area contributed by atoms with Gasteiger partial charge in [0.2, 0.25) is 0 Å². The molecule has 1 unspecified atom stereocenters. The van der Waals surface area contributed by atoms with Crippen LogP contribution in [0.3, 0.4) is 0 Å². The van der Waals surface area contributed by atoms with Gasteiger partial charge in [0.15, 0.2) is 0 Å². The average Bonchev–Trinajstić information content (AvgIpc) is 2.43. The molecule has 0 aromatic heterocycles. The summed E-state index contributed by atoms with van der Waals surface area (Å²) >= 11 is 0. The normalized spacial score (nSPS) is 24.0. The zero-order chi connectivity index (χ0) is 12.5. The molecule has 2 aliphatic rings. The number of piperidine rings is 1. The van der Waals surface area contributed by atoms with Crippen molar-refractivity contribution in [1.29, 1.82) is 0 Å². The lowest BCUT2D eigenvalue weighted by Crippen LogP contribution is -2.38. The van der Waals surface area contributed by atoms with Crippen molar-refractivity contribution in [1.82, 2.24) is 5.32 Å². The van der Waals surface area contributed by atoms with Crippen molar-refractivity contribution in [3.63, 3.8) is 0 Å². The number of hydrogen-bond acceptors (Lipinski definition) is 3. The number of hydrogen-bond donors (Lipinski definition) is 1. The molecule has 1 atom stereocenters. The summed E-state index contributed by atoms with van der Waals surface area (Å²) in [7, 11) is 4.43. The van der Waals surface area contributed by atoms with Crippen LogP contribution in [0.1, 0.15) is 24.3 Å². The summed E-state index contributed by atoms with van der Waals surface area (Å²) in [6, 6.07) is 6.80. The Balaban J connectivity index is 2.01. The highest BCUT2D eigenvalue weighted by Crippen LogP contribution is 2.39. The molecule has 1 N–H and O–H groups in total. The van der Waals surface area contributed by atoms with E-state index in [0.717, 1.165) is 19.6 Å². The number of benzene rings is 1. The molecule has 0 bridgehead atoms. The van der Waals surface area contributed by atoms with Crippen molar-refractivity contribution >= 4 is 11.4 Å². The third-order valence-corrected chi connectivity index (χ3v) is 4.35. The Labute approximate surface area is 110 Å². The lowest BCUT2D eigenvalue weighted by molar-refractivity contribution is 0.461. The fourth-order valence-corrected chi connectivity index (χ4v) is 3.25. The molecular weight excluding hydrogens is 222 g/mol. The Morgan fingerprint density at radius 1 is 1.17 bits per heavy atom. The highest BCUT2D eigenvalue weighted by atomic mass is 15.2. The first-order valence-corrected chi connectivity index (χ1v) is 7.03. The van der Waals surface area contributed by atoms with Crippen molar-refractivity contribution in [3.05, 3.63) is 23.8 Å². The van der Waals surface area contributed by atoms with Crippen LogP contribution in [-0.2, 0) is 0 Å². The number of nitrogens with zero attached hydrogens (tertiary/aromatic N) is 2. The predicted octanol–water partition coefficient (Wildman–Crippen LogP) is 2.04. The van der Waals surface area contributed by atoms with Crippen LogP contribution in [0, 0.1) is 0 Å². The average molecular weight is 245 g/mol. The molecule has 98 valence electrons. The van der Waals surface area contributed by atoms with Crippen LogP contribution >= 0.6 is 0 Å². The summed E-state index contributed by atoms with van der Waals surface area (Å²) in [5.41, 5.74) is 4.39. The zero-order valence-electron chi connectivity index (χ0n) is 11.4. The third-order valence-electron chi connectivity index (χ3n) is 4.35. The van der Waals surface area contributed by atoms with Gasteiger partial charge in [-0.05, 0) is 36.9 Å². The molecule has 1 aromatic rings. The van der Waals surface area contributed by atoms with Gasteiger partial charge in [-0.3, -0.25) is 0 Å². The van der Waals surface area contributed by atoms with Crippen LogP contribution < -0.4 is 15.1 Å². The molecule has 18 heavy (non-hydrogen) atoms. The van der Waals surface area contributed by atoms with E-state index in [-0.39, 0.29) is 0 Å². The van der Waals surface area contributed by atoms with E-state index in [0.29, 0.717) is 5.92 Å². The molecule has 0 radical (unpaired) electrons. The maximum absolute atomic E-state index is 3.53. The molecule has 0 saturated carbocycles. The van der Waals surface area contributed by atoms with E-state index >= 15 is 0 Å². The maximum atomic E-state index is 3.53. The van der Waals surface area contributed by atoms with E-state index < -0.39 is 0 Å². The van der Waals surface area contributed by atoms with E-state index in [1.165, 1.54) is 36.3 Å². The number of fused-ring (bicyclic) bond motifs is 1. The second-order valence-electron chi connectivity index (χ2n) is 5.60. The molecule has 3 rings (SSSR count). The van der Waals surface area contributed by atoms with Gasteiger partial charge in [-0.1, -0.05) is 12.1 Å². The summed E-state index contributed by atoms with van der Waals surface area (Å²) in [6.45, 7) is 4.56. The van der Waals surface area contributed by atoms with Crippen LogP contribution in [0.5, 0.6) is 0 Å². The van der Waals surface area contributed by atoms with Gasteiger partial charge in [-0.15, -0.1) is 0 Å². The minimum atomic E-state index is 0.683. The monoisotopic (exact) mass is 245 g/mol. The minimum Gasteiger partial charge on any atom is -0.371 e. The van der Waals surface area contributed by atoms with Crippen LogP contribution in [0.15, 0.2) is 18.2 Å². The van der Waals surface area contributed by atoms with Crippen molar-refractivity contribution in [2.24, 2.45) is 0 Å². The van der Waals surface area contributed by atoms with Crippen molar-refractivity contribution < 1.29 is 0 Å². The van der Waals surface area contributed by atoms with Crippen molar-refractivity contribution in [3.8, 4) is 0 Å². The molecule has 0 aliphatic carbocycles. The van der Waals surface area contributed by atoms with Crippen molar-refractivity contribution in [2.45, 2.75) is 18.8 Å². The van der Waals surface area contributed by atoms with E-state index in [9.17, 15) is 0 Å². The van der Waals surface area contributed by atoms with Gasteiger partial charge < -0.3 is 15.1 Å². The molecule has 0 spiro atoms. The van der Waals surface area contributed by atoms with E-state index in [2.05, 4.69) is 47.4 Å². The lowest BCUT2D eigenvalue weighted by Gasteiger charge is -2.38.